The fourth-order valence-electron chi connectivity index (χ4n) is 1.85. The van der Waals surface area contributed by atoms with Crippen LogP contribution < -0.4 is 4.74 Å². The predicted molar refractivity (Wildman–Crippen MR) is 70.1 cm³/mol. The second-order valence-electron chi connectivity index (χ2n) is 4.48. The smallest absolute Gasteiger partial charge is 0.406 e. The van der Waals surface area contributed by atoms with Crippen molar-refractivity contribution in [3.05, 3.63) is 59.4 Å². The van der Waals surface area contributed by atoms with Crippen LogP contribution in [-0.2, 0) is 6.42 Å². The summed E-state index contributed by atoms with van der Waals surface area (Å²) in [6, 6.07) is 6.97. The Balaban J connectivity index is 2.07. The first kappa shape index (κ1) is 15.0. The summed E-state index contributed by atoms with van der Waals surface area (Å²) in [4.78, 5) is 16.0. The molecule has 0 radical (unpaired) electrons. The molecule has 0 atom stereocenters. The van der Waals surface area contributed by atoms with Gasteiger partial charge < -0.3 is 4.74 Å². The van der Waals surface area contributed by atoms with Gasteiger partial charge in [-0.3, -0.25) is 9.78 Å². The molecule has 0 aliphatic rings. The molecule has 1 heterocycles. The number of nitrogens with zero attached hydrogens (tertiary/aromatic N) is 1. The first-order chi connectivity index (χ1) is 9.85. The maximum atomic E-state index is 12.1. The maximum absolute atomic E-state index is 12.1. The van der Waals surface area contributed by atoms with Crippen LogP contribution in [0, 0.1) is 6.92 Å². The topological polar surface area (TPSA) is 39.2 Å². The van der Waals surface area contributed by atoms with E-state index in [-0.39, 0.29) is 18.0 Å². The zero-order valence-electron chi connectivity index (χ0n) is 11.1. The minimum atomic E-state index is -4.72. The molecular weight excluding hydrogens is 283 g/mol. The third kappa shape index (κ3) is 4.30. The molecule has 21 heavy (non-hydrogen) atoms. The van der Waals surface area contributed by atoms with Crippen LogP contribution in [0.1, 0.15) is 21.5 Å². The molecule has 0 unspecified atom stereocenters. The number of hydrogen-bond acceptors (Lipinski definition) is 3. The summed E-state index contributed by atoms with van der Waals surface area (Å²) in [5, 5.41) is 0. The van der Waals surface area contributed by atoms with Gasteiger partial charge in [-0.05, 0) is 36.2 Å². The van der Waals surface area contributed by atoms with Crippen LogP contribution in [-0.4, -0.2) is 17.1 Å². The van der Waals surface area contributed by atoms with Crippen LogP contribution >= 0.6 is 0 Å². The number of ketones is 1. The molecule has 1 aromatic carbocycles. The van der Waals surface area contributed by atoms with Crippen LogP contribution in [0.4, 0.5) is 13.2 Å². The predicted octanol–water partition coefficient (Wildman–Crippen LogP) is 3.71. The number of aryl methyl sites for hydroxylation is 1. The first-order valence-corrected chi connectivity index (χ1v) is 6.13. The van der Waals surface area contributed by atoms with Crippen molar-refractivity contribution in [2.75, 3.05) is 0 Å². The number of carbonyl (C=O) groups is 1. The van der Waals surface area contributed by atoms with E-state index in [1.165, 1.54) is 30.5 Å². The Labute approximate surface area is 119 Å². The van der Waals surface area contributed by atoms with Crippen molar-refractivity contribution in [2.24, 2.45) is 0 Å². The third-order valence-electron chi connectivity index (χ3n) is 2.86. The summed E-state index contributed by atoms with van der Waals surface area (Å²) in [7, 11) is 0. The number of rotatable bonds is 4. The average Bonchev–Trinajstić information content (AvgIpc) is 2.40. The molecule has 0 spiro atoms. The molecule has 6 heteroatoms. The lowest BCUT2D eigenvalue weighted by atomic mass is 10.0. The number of hydrogen-bond donors (Lipinski definition) is 0. The van der Waals surface area contributed by atoms with Gasteiger partial charge in [0.2, 0.25) is 0 Å². The lowest BCUT2D eigenvalue weighted by Gasteiger charge is -2.09. The molecule has 0 bridgehead atoms. The monoisotopic (exact) mass is 295 g/mol. The summed E-state index contributed by atoms with van der Waals surface area (Å²) in [6.07, 6.45) is -1.54. The third-order valence-corrected chi connectivity index (χ3v) is 2.86. The molecule has 0 saturated carbocycles. The normalized spacial score (nSPS) is 11.2. The Morgan fingerprint density at radius 1 is 1.19 bits per heavy atom. The van der Waals surface area contributed by atoms with Crippen LogP contribution in [0.25, 0.3) is 0 Å². The molecule has 0 aliphatic carbocycles. The summed E-state index contributed by atoms with van der Waals surface area (Å²) in [5.41, 5.74) is 1.93. The standard InChI is InChI=1S/C15H12F3NO2/c1-10-6-7-19-9-13(10)14(20)8-11-2-4-12(5-3-11)21-15(16,17)18/h2-7,9H,8H2,1H3. The van der Waals surface area contributed by atoms with Gasteiger partial charge in [0.05, 0.1) is 0 Å². The molecule has 3 nitrogen and oxygen atoms in total. The van der Waals surface area contributed by atoms with E-state index in [0.29, 0.717) is 11.1 Å². The van der Waals surface area contributed by atoms with E-state index < -0.39 is 6.36 Å². The van der Waals surface area contributed by atoms with Crippen LogP contribution in [0.3, 0.4) is 0 Å². The largest absolute Gasteiger partial charge is 0.573 e. The number of carbonyl (C=O) groups excluding carboxylic acids is 1. The van der Waals surface area contributed by atoms with Crippen molar-refractivity contribution in [3.8, 4) is 5.75 Å². The summed E-state index contributed by atoms with van der Waals surface area (Å²) in [6.45, 7) is 1.80. The SMILES string of the molecule is Cc1ccncc1C(=O)Cc1ccc(OC(F)(F)F)cc1. The fourth-order valence-corrected chi connectivity index (χ4v) is 1.85. The van der Waals surface area contributed by atoms with Gasteiger partial charge in [0.1, 0.15) is 5.75 Å². The second kappa shape index (κ2) is 5.95. The van der Waals surface area contributed by atoms with Crippen LogP contribution in [0.2, 0.25) is 0 Å². The zero-order valence-corrected chi connectivity index (χ0v) is 11.1. The fraction of sp³-hybridized carbons (Fsp3) is 0.200. The van der Waals surface area contributed by atoms with Crippen molar-refractivity contribution in [1.82, 2.24) is 4.98 Å². The van der Waals surface area contributed by atoms with E-state index in [2.05, 4.69) is 9.72 Å². The van der Waals surface area contributed by atoms with Crippen LogP contribution in [0.15, 0.2) is 42.7 Å². The number of halogens is 3. The van der Waals surface area contributed by atoms with Crippen molar-refractivity contribution in [3.63, 3.8) is 0 Å². The molecule has 0 N–H and O–H groups in total. The number of Topliss-reactive ketones (excluding diaryl/α,β-unsaturated/α-hetero) is 1. The summed E-state index contributed by atoms with van der Waals surface area (Å²) >= 11 is 0. The van der Waals surface area contributed by atoms with E-state index in [1.54, 1.807) is 19.2 Å². The molecule has 110 valence electrons. The van der Waals surface area contributed by atoms with Gasteiger partial charge in [0.15, 0.2) is 5.78 Å². The van der Waals surface area contributed by atoms with Crippen molar-refractivity contribution in [1.29, 1.82) is 0 Å². The number of alkyl halides is 3. The first-order valence-electron chi connectivity index (χ1n) is 6.13. The lowest BCUT2D eigenvalue weighted by Crippen LogP contribution is -2.17. The Bertz CT molecular complexity index is 636. The summed E-state index contributed by atoms with van der Waals surface area (Å²) < 4.78 is 39.9. The molecule has 0 aliphatic heterocycles. The van der Waals surface area contributed by atoms with Gasteiger partial charge >= 0.3 is 6.36 Å². The van der Waals surface area contributed by atoms with Gasteiger partial charge in [-0.2, -0.15) is 0 Å². The molecule has 2 aromatic rings. The highest BCUT2D eigenvalue weighted by Gasteiger charge is 2.30. The Kier molecular flexibility index (Phi) is 4.26. The van der Waals surface area contributed by atoms with E-state index in [9.17, 15) is 18.0 Å². The van der Waals surface area contributed by atoms with Crippen molar-refractivity contribution >= 4 is 5.78 Å². The van der Waals surface area contributed by atoms with E-state index >= 15 is 0 Å². The number of aromatic nitrogens is 1. The molecule has 2 rings (SSSR count). The molecule has 0 fully saturated rings. The minimum absolute atomic E-state index is 0.0961. The van der Waals surface area contributed by atoms with E-state index in [1.807, 2.05) is 0 Å². The highest BCUT2D eigenvalue weighted by Crippen LogP contribution is 2.23. The van der Waals surface area contributed by atoms with Gasteiger partial charge in [-0.1, -0.05) is 12.1 Å². The van der Waals surface area contributed by atoms with Gasteiger partial charge in [0, 0.05) is 24.4 Å². The van der Waals surface area contributed by atoms with Gasteiger partial charge in [0.25, 0.3) is 0 Å². The Morgan fingerprint density at radius 3 is 2.43 bits per heavy atom. The second-order valence-corrected chi connectivity index (χ2v) is 4.48. The lowest BCUT2D eigenvalue weighted by molar-refractivity contribution is -0.274. The highest BCUT2D eigenvalue weighted by molar-refractivity contribution is 5.98. The Morgan fingerprint density at radius 2 is 1.86 bits per heavy atom. The highest BCUT2D eigenvalue weighted by atomic mass is 19.4. The number of benzene rings is 1. The molecular formula is C15H12F3NO2. The molecule has 0 saturated heterocycles. The van der Waals surface area contributed by atoms with E-state index in [0.717, 1.165) is 5.56 Å². The molecule has 1 aromatic heterocycles. The molecule has 0 amide bonds. The maximum Gasteiger partial charge on any atom is 0.573 e. The van der Waals surface area contributed by atoms with Crippen molar-refractivity contribution < 1.29 is 22.7 Å². The zero-order chi connectivity index (χ0) is 15.5. The van der Waals surface area contributed by atoms with Crippen LogP contribution in [0.5, 0.6) is 5.75 Å². The van der Waals surface area contributed by atoms with Gasteiger partial charge in [-0.15, -0.1) is 13.2 Å². The average molecular weight is 295 g/mol. The number of ether oxygens (including phenoxy) is 1. The van der Waals surface area contributed by atoms with Crippen molar-refractivity contribution in [2.45, 2.75) is 19.7 Å². The quantitative estimate of drug-likeness (QED) is 0.807. The number of pyridine rings is 1. The summed E-state index contributed by atoms with van der Waals surface area (Å²) in [5.74, 6) is -0.443. The minimum Gasteiger partial charge on any atom is -0.406 e. The van der Waals surface area contributed by atoms with Gasteiger partial charge in [-0.25, -0.2) is 0 Å². The Hall–Kier alpha value is -2.37. The van der Waals surface area contributed by atoms with E-state index in [4.69, 9.17) is 0 Å².